The number of carboxylic acid groups (broad SMARTS) is 1. The molecule has 0 unspecified atom stereocenters. The number of carbonyl (C=O) groups is 1. The lowest BCUT2D eigenvalue weighted by atomic mass is 9.91. The predicted molar refractivity (Wildman–Crippen MR) is 171 cm³/mol. The Labute approximate surface area is 263 Å². The van der Waals surface area contributed by atoms with Crippen LogP contribution in [0.4, 0.5) is 8.78 Å². The molecular weight excluding hydrogens is 586 g/mol. The van der Waals surface area contributed by atoms with Gasteiger partial charge < -0.3 is 14.9 Å². The Morgan fingerprint density at radius 2 is 1.82 bits per heavy atom. The minimum atomic E-state index is -2.56. The van der Waals surface area contributed by atoms with Crippen LogP contribution in [0.5, 0.6) is 5.75 Å². The van der Waals surface area contributed by atoms with E-state index in [0.29, 0.717) is 30.5 Å². The van der Waals surface area contributed by atoms with Crippen molar-refractivity contribution < 1.29 is 28.5 Å². The summed E-state index contributed by atoms with van der Waals surface area (Å²) in [6.45, 7) is 8.98. The van der Waals surface area contributed by atoms with Crippen molar-refractivity contribution in [3.8, 4) is 16.9 Å². The van der Waals surface area contributed by atoms with Crippen molar-refractivity contribution in [2.75, 3.05) is 19.6 Å². The van der Waals surface area contributed by atoms with Gasteiger partial charge in [-0.3, -0.25) is 15.0 Å². The van der Waals surface area contributed by atoms with Crippen LogP contribution in [-0.2, 0) is 17.9 Å². The Morgan fingerprint density at radius 3 is 2.48 bits per heavy atom. The van der Waals surface area contributed by atoms with E-state index in [1.54, 1.807) is 6.07 Å². The van der Waals surface area contributed by atoms with Crippen LogP contribution in [0.25, 0.3) is 17.2 Å². The second-order valence-electron chi connectivity index (χ2n) is 11.6. The molecule has 1 aliphatic heterocycles. The van der Waals surface area contributed by atoms with Crippen LogP contribution in [0.3, 0.4) is 0 Å². The van der Waals surface area contributed by atoms with E-state index in [4.69, 9.17) is 16.3 Å². The van der Waals surface area contributed by atoms with E-state index in [9.17, 15) is 23.8 Å². The second kappa shape index (κ2) is 14.7. The predicted octanol–water partition coefficient (Wildman–Crippen LogP) is 7.18. The standard InChI is InChI=1S/C35H41ClF2N2O4/c1-22-17-32(31(36)18-28(22)19-39-33(25(4)41)34(42)43)44-20-27-11-8-13-30(24(27)3)29-12-7-10-26(23(29)2)9-5-6-15-40-16-14-35(37,38)21-40/h5,7-13,17-18,25,33,39,41H,6,14-16,19-21H2,1-4H3,(H,42,43)/b9-5+/t25-,33+/m1/s1. The van der Waals surface area contributed by atoms with Gasteiger partial charge in [-0.1, -0.05) is 60.2 Å². The molecule has 0 aromatic heterocycles. The molecule has 236 valence electrons. The molecule has 1 saturated heterocycles. The molecule has 0 amide bonds. The number of ether oxygens (including phenoxy) is 1. The smallest absolute Gasteiger partial charge is 0.323 e. The van der Waals surface area contributed by atoms with Crippen molar-refractivity contribution in [2.24, 2.45) is 0 Å². The van der Waals surface area contributed by atoms with Gasteiger partial charge >= 0.3 is 5.97 Å². The fourth-order valence-corrected chi connectivity index (χ4v) is 5.80. The van der Waals surface area contributed by atoms with Gasteiger partial charge in [0.1, 0.15) is 18.4 Å². The monoisotopic (exact) mass is 626 g/mol. The van der Waals surface area contributed by atoms with Gasteiger partial charge in [0.05, 0.1) is 17.7 Å². The summed E-state index contributed by atoms with van der Waals surface area (Å²) in [6, 6.07) is 14.8. The molecule has 3 aromatic carbocycles. The molecule has 4 rings (SSSR count). The summed E-state index contributed by atoms with van der Waals surface area (Å²) in [4.78, 5) is 13.2. The highest BCUT2D eigenvalue weighted by Gasteiger charge is 2.37. The van der Waals surface area contributed by atoms with Crippen LogP contribution < -0.4 is 10.1 Å². The summed E-state index contributed by atoms with van der Waals surface area (Å²) < 4.78 is 33.1. The topological polar surface area (TPSA) is 82.0 Å². The summed E-state index contributed by atoms with van der Waals surface area (Å²) in [6.07, 6.45) is 3.75. The zero-order valence-corrected chi connectivity index (χ0v) is 26.4. The third-order valence-electron chi connectivity index (χ3n) is 8.30. The number of rotatable bonds is 13. The zero-order chi connectivity index (χ0) is 32.0. The number of aryl methyl sites for hydroxylation is 1. The average Bonchev–Trinajstić information content (AvgIpc) is 3.31. The maximum Gasteiger partial charge on any atom is 0.323 e. The van der Waals surface area contributed by atoms with Crippen LogP contribution >= 0.6 is 11.6 Å². The molecule has 6 nitrogen and oxygen atoms in total. The minimum absolute atomic E-state index is 0.0555. The number of aliphatic carboxylic acids is 1. The van der Waals surface area contributed by atoms with E-state index in [1.807, 2.05) is 36.1 Å². The number of hydrogen-bond donors (Lipinski definition) is 3. The van der Waals surface area contributed by atoms with Crippen LogP contribution in [0.2, 0.25) is 5.02 Å². The second-order valence-corrected chi connectivity index (χ2v) is 12.0. The average molecular weight is 627 g/mol. The third-order valence-corrected chi connectivity index (χ3v) is 8.60. The van der Waals surface area contributed by atoms with E-state index in [-0.39, 0.29) is 19.5 Å². The quantitative estimate of drug-likeness (QED) is 0.186. The molecule has 3 N–H and O–H groups in total. The molecule has 3 aromatic rings. The third kappa shape index (κ3) is 8.45. The molecule has 0 radical (unpaired) electrons. The summed E-state index contributed by atoms with van der Waals surface area (Å²) >= 11 is 6.55. The normalized spacial score (nSPS) is 16.4. The Morgan fingerprint density at radius 1 is 1.11 bits per heavy atom. The Kier molecular flexibility index (Phi) is 11.2. The van der Waals surface area contributed by atoms with Crippen molar-refractivity contribution in [3.05, 3.63) is 93.0 Å². The van der Waals surface area contributed by atoms with Crippen LogP contribution in [0, 0.1) is 20.8 Å². The van der Waals surface area contributed by atoms with Gasteiger partial charge in [-0.05, 0) is 90.8 Å². The number of benzene rings is 3. The Hall–Kier alpha value is -3.30. The maximum absolute atomic E-state index is 13.5. The molecule has 1 fully saturated rings. The lowest BCUT2D eigenvalue weighted by Gasteiger charge is -2.19. The number of halogens is 3. The van der Waals surface area contributed by atoms with Crippen LogP contribution in [0.15, 0.2) is 54.6 Å². The molecule has 2 atom stereocenters. The van der Waals surface area contributed by atoms with Gasteiger partial charge in [0.25, 0.3) is 5.92 Å². The minimum Gasteiger partial charge on any atom is -0.487 e. The molecule has 44 heavy (non-hydrogen) atoms. The number of hydrogen-bond acceptors (Lipinski definition) is 5. The molecule has 0 aliphatic carbocycles. The molecule has 0 saturated carbocycles. The first-order valence-corrected chi connectivity index (χ1v) is 15.3. The van der Waals surface area contributed by atoms with Crippen molar-refractivity contribution in [1.82, 2.24) is 10.2 Å². The number of aliphatic hydroxyl groups excluding tert-OH is 1. The summed E-state index contributed by atoms with van der Waals surface area (Å²) in [5, 5.41) is 22.3. The summed E-state index contributed by atoms with van der Waals surface area (Å²) in [5.41, 5.74) is 8.27. The van der Waals surface area contributed by atoms with E-state index >= 15 is 0 Å². The number of likely N-dealkylation sites (tertiary alicyclic amines) is 1. The SMILES string of the molecule is Cc1cc(OCc2cccc(-c3cccc(/C=C/CCN4CCC(F)(F)C4)c3C)c2C)c(Cl)cc1CN[C@H](C(=O)O)[C@@H](C)O. The zero-order valence-electron chi connectivity index (χ0n) is 25.7. The highest BCUT2D eigenvalue weighted by atomic mass is 35.5. The number of alkyl halides is 2. The first kappa shape index (κ1) is 33.6. The summed E-state index contributed by atoms with van der Waals surface area (Å²) in [5.74, 6) is -3.15. The molecule has 1 aliphatic rings. The van der Waals surface area contributed by atoms with E-state index in [2.05, 4.69) is 49.5 Å². The van der Waals surface area contributed by atoms with E-state index in [0.717, 1.165) is 50.9 Å². The van der Waals surface area contributed by atoms with Crippen molar-refractivity contribution >= 4 is 23.6 Å². The molecule has 1 heterocycles. The number of aliphatic hydroxyl groups is 1. The highest BCUT2D eigenvalue weighted by Crippen LogP contribution is 2.33. The van der Waals surface area contributed by atoms with Crippen molar-refractivity contribution in [2.45, 2.75) is 71.8 Å². The Balaban J connectivity index is 1.43. The lowest BCUT2D eigenvalue weighted by molar-refractivity contribution is -0.142. The first-order chi connectivity index (χ1) is 20.9. The number of carboxylic acids is 1. The molecule has 0 spiro atoms. The molecular formula is C35H41ClF2N2O4. The largest absolute Gasteiger partial charge is 0.487 e. The van der Waals surface area contributed by atoms with Crippen molar-refractivity contribution in [1.29, 1.82) is 0 Å². The van der Waals surface area contributed by atoms with E-state index < -0.39 is 24.0 Å². The van der Waals surface area contributed by atoms with Crippen molar-refractivity contribution in [3.63, 3.8) is 0 Å². The first-order valence-electron chi connectivity index (χ1n) is 14.9. The van der Waals surface area contributed by atoms with Gasteiger partial charge in [-0.2, -0.15) is 0 Å². The van der Waals surface area contributed by atoms with Gasteiger partial charge in [0.2, 0.25) is 0 Å². The fraction of sp³-hybridized carbons (Fsp3) is 0.400. The van der Waals surface area contributed by atoms with Gasteiger partial charge in [-0.15, -0.1) is 0 Å². The summed E-state index contributed by atoms with van der Waals surface area (Å²) in [7, 11) is 0. The van der Waals surface area contributed by atoms with Gasteiger partial charge in [0, 0.05) is 26.1 Å². The van der Waals surface area contributed by atoms with Crippen LogP contribution in [-0.4, -0.2) is 58.8 Å². The van der Waals surface area contributed by atoms with E-state index in [1.165, 1.54) is 6.92 Å². The number of nitrogens with zero attached hydrogens (tertiary/aromatic N) is 1. The lowest BCUT2D eigenvalue weighted by Crippen LogP contribution is -2.44. The fourth-order valence-electron chi connectivity index (χ4n) is 5.56. The highest BCUT2D eigenvalue weighted by molar-refractivity contribution is 6.32. The van der Waals surface area contributed by atoms with Crippen LogP contribution in [0.1, 0.15) is 53.1 Å². The van der Waals surface area contributed by atoms with Gasteiger partial charge in [0.15, 0.2) is 0 Å². The maximum atomic E-state index is 13.5. The molecule has 0 bridgehead atoms. The Bertz CT molecular complexity index is 1510. The van der Waals surface area contributed by atoms with Gasteiger partial charge in [-0.25, -0.2) is 8.78 Å². The number of nitrogens with one attached hydrogen (secondary N) is 1. The molecule has 9 heteroatoms.